The first-order valence-corrected chi connectivity index (χ1v) is 3.23. The second-order valence-corrected chi connectivity index (χ2v) is 2.12. The Morgan fingerprint density at radius 3 is 2.18 bits per heavy atom. The summed E-state index contributed by atoms with van der Waals surface area (Å²) in [6.07, 6.45) is 1.80. The first-order valence-electron chi connectivity index (χ1n) is 3.23. The van der Waals surface area contributed by atoms with E-state index < -0.39 is 0 Å². The predicted molar refractivity (Wildman–Crippen MR) is 44.6 cm³/mol. The van der Waals surface area contributed by atoms with Gasteiger partial charge >= 0.3 is 0 Å². The minimum atomic E-state index is 0. The molecule has 0 saturated carbocycles. The van der Waals surface area contributed by atoms with Gasteiger partial charge in [0.1, 0.15) is 0 Å². The molecule has 1 radical (unpaired) electrons. The molecule has 1 aromatic rings. The summed E-state index contributed by atoms with van der Waals surface area (Å²) in [6, 6.07) is 7.84. The molecule has 0 unspecified atom stereocenters. The Morgan fingerprint density at radius 1 is 1.27 bits per heavy atom. The van der Waals surface area contributed by atoms with Crippen LogP contribution in [0.4, 0.5) is 0 Å². The van der Waals surface area contributed by atoms with E-state index in [1.807, 2.05) is 24.3 Å². The Hall–Kier alpha value is 0.362. The third-order valence-corrected chi connectivity index (χ3v) is 1.42. The van der Waals surface area contributed by atoms with Gasteiger partial charge in [-0.15, -0.1) is 6.54 Å². The van der Waals surface area contributed by atoms with Crippen molar-refractivity contribution in [2.75, 3.05) is 0 Å². The topological polar surface area (TPSA) is 23.8 Å². The van der Waals surface area contributed by atoms with E-state index in [9.17, 15) is 0 Å². The molecule has 1 rings (SSSR count). The summed E-state index contributed by atoms with van der Waals surface area (Å²) in [5.41, 5.74) is 9.20. The number of nitrogens with one attached hydrogen (secondary N) is 1. The van der Waals surface area contributed by atoms with Gasteiger partial charge in [0.2, 0.25) is 0 Å². The SMILES string of the molecule is C=Cc1ccc(C[NH-])cc1.[Ac]. The Kier molecular flexibility index (Phi) is 6.14. The molecule has 0 aliphatic heterocycles. The maximum atomic E-state index is 7.05. The summed E-state index contributed by atoms with van der Waals surface area (Å²) in [7, 11) is 0. The van der Waals surface area contributed by atoms with Crippen molar-refractivity contribution >= 4 is 6.08 Å². The van der Waals surface area contributed by atoms with Gasteiger partial charge in [0.25, 0.3) is 0 Å². The molecular weight excluding hydrogens is 349 g/mol. The van der Waals surface area contributed by atoms with E-state index in [1.165, 1.54) is 0 Å². The molecule has 0 saturated heterocycles. The van der Waals surface area contributed by atoms with Crippen molar-refractivity contribution in [3.8, 4) is 0 Å². The third-order valence-electron chi connectivity index (χ3n) is 1.42. The first-order chi connectivity index (χ1) is 4.86. The zero-order valence-electron chi connectivity index (χ0n) is 6.38. The van der Waals surface area contributed by atoms with E-state index >= 15 is 0 Å². The third kappa shape index (κ3) is 3.51. The Bertz CT molecular complexity index is 216. The van der Waals surface area contributed by atoms with E-state index in [4.69, 9.17) is 5.73 Å². The summed E-state index contributed by atoms with van der Waals surface area (Å²) in [5.74, 6) is 0. The van der Waals surface area contributed by atoms with Gasteiger partial charge in [-0.2, -0.15) is 0 Å². The molecule has 1 aromatic carbocycles. The fraction of sp³-hybridized carbons (Fsp3) is 0.111. The average Bonchev–Trinajstić information content (AvgIpc) is 2.05. The van der Waals surface area contributed by atoms with Gasteiger partial charge in [0, 0.05) is 44.1 Å². The molecule has 1 nitrogen and oxygen atoms in total. The van der Waals surface area contributed by atoms with Crippen LogP contribution in [0.15, 0.2) is 30.8 Å². The van der Waals surface area contributed by atoms with Crippen molar-refractivity contribution < 1.29 is 44.1 Å². The minimum Gasteiger partial charge on any atom is -0.674 e. The Labute approximate surface area is 103 Å². The number of rotatable bonds is 2. The summed E-state index contributed by atoms with van der Waals surface area (Å²) < 4.78 is 0. The molecule has 0 aromatic heterocycles. The fourth-order valence-electron chi connectivity index (χ4n) is 0.772. The van der Waals surface area contributed by atoms with E-state index in [-0.39, 0.29) is 44.1 Å². The molecule has 0 aliphatic carbocycles. The monoisotopic (exact) mass is 359 g/mol. The molecule has 2 heteroatoms. The van der Waals surface area contributed by atoms with Crippen molar-refractivity contribution in [2.45, 2.75) is 6.54 Å². The van der Waals surface area contributed by atoms with Crippen LogP contribution in [-0.2, 0) is 6.54 Å². The molecule has 11 heavy (non-hydrogen) atoms. The van der Waals surface area contributed by atoms with Crippen LogP contribution >= 0.6 is 0 Å². The smallest absolute Gasteiger partial charge is 0 e. The maximum Gasteiger partial charge on any atom is 0 e. The van der Waals surface area contributed by atoms with E-state index in [1.54, 1.807) is 6.08 Å². The van der Waals surface area contributed by atoms with Gasteiger partial charge < -0.3 is 5.73 Å². The Morgan fingerprint density at radius 2 is 1.82 bits per heavy atom. The van der Waals surface area contributed by atoms with Gasteiger partial charge in [0.15, 0.2) is 0 Å². The predicted octanol–water partition coefficient (Wildman–Crippen LogP) is 2.88. The summed E-state index contributed by atoms with van der Waals surface area (Å²) >= 11 is 0. The summed E-state index contributed by atoms with van der Waals surface area (Å²) in [6.45, 7) is 4.00. The molecule has 0 aliphatic rings. The molecule has 1 N–H and O–H groups in total. The van der Waals surface area contributed by atoms with E-state index in [0.717, 1.165) is 11.1 Å². The number of hydrogen-bond acceptors (Lipinski definition) is 0. The van der Waals surface area contributed by atoms with Gasteiger partial charge in [-0.25, -0.2) is 0 Å². The van der Waals surface area contributed by atoms with Crippen molar-refractivity contribution in [2.24, 2.45) is 0 Å². The van der Waals surface area contributed by atoms with Crippen LogP contribution in [0.3, 0.4) is 0 Å². The molecule has 55 valence electrons. The molecular formula is C9H10AcN-. The molecule has 0 heterocycles. The van der Waals surface area contributed by atoms with Crippen LogP contribution in [0.5, 0.6) is 0 Å². The summed E-state index contributed by atoms with van der Waals surface area (Å²) in [4.78, 5) is 0. The van der Waals surface area contributed by atoms with Crippen molar-refractivity contribution in [1.82, 2.24) is 0 Å². The van der Waals surface area contributed by atoms with Crippen LogP contribution in [-0.4, -0.2) is 0 Å². The first kappa shape index (κ1) is 11.4. The average molecular weight is 359 g/mol. The molecule has 0 atom stereocenters. The maximum absolute atomic E-state index is 7.05. The van der Waals surface area contributed by atoms with E-state index in [0.29, 0.717) is 6.54 Å². The van der Waals surface area contributed by atoms with Gasteiger partial charge in [0.05, 0.1) is 0 Å². The standard InChI is InChI=1S/C9H10N.Ac/c1-2-8-3-5-9(7-10)6-4-8;/h2-6,10H,1,7H2;/q-1;. The van der Waals surface area contributed by atoms with Crippen LogP contribution in [0.1, 0.15) is 11.1 Å². The molecule has 0 amide bonds. The zero-order chi connectivity index (χ0) is 7.40. The van der Waals surface area contributed by atoms with Crippen molar-refractivity contribution in [3.63, 3.8) is 0 Å². The van der Waals surface area contributed by atoms with Gasteiger partial charge in [-0.05, 0) is 5.56 Å². The fourth-order valence-corrected chi connectivity index (χ4v) is 0.772. The van der Waals surface area contributed by atoms with Crippen LogP contribution in [0, 0.1) is 44.1 Å². The summed E-state index contributed by atoms with van der Waals surface area (Å²) in [5, 5.41) is 0. The normalized spacial score (nSPS) is 8.45. The minimum absolute atomic E-state index is 0. The number of hydrogen-bond donors (Lipinski definition) is 0. The quantitative estimate of drug-likeness (QED) is 0.776. The second kappa shape index (κ2) is 5.94. The largest absolute Gasteiger partial charge is 0.674 e. The van der Waals surface area contributed by atoms with E-state index in [2.05, 4.69) is 6.58 Å². The van der Waals surface area contributed by atoms with Gasteiger partial charge in [-0.1, -0.05) is 42.5 Å². The van der Waals surface area contributed by atoms with Crippen molar-refractivity contribution in [1.29, 1.82) is 0 Å². The second-order valence-electron chi connectivity index (χ2n) is 2.12. The Balaban J connectivity index is 0.000001000. The van der Waals surface area contributed by atoms with Crippen LogP contribution < -0.4 is 0 Å². The zero-order valence-corrected chi connectivity index (χ0v) is 11.1. The number of benzene rings is 1. The molecule has 0 spiro atoms. The molecule has 0 bridgehead atoms. The van der Waals surface area contributed by atoms with Crippen LogP contribution in [0.2, 0.25) is 0 Å². The van der Waals surface area contributed by atoms with Crippen LogP contribution in [0.25, 0.3) is 11.8 Å². The van der Waals surface area contributed by atoms with Gasteiger partial charge in [-0.3, -0.25) is 0 Å². The molecule has 0 fully saturated rings. The van der Waals surface area contributed by atoms with Crippen molar-refractivity contribution in [3.05, 3.63) is 47.7 Å².